The van der Waals surface area contributed by atoms with Gasteiger partial charge >= 0.3 is 5.97 Å². The summed E-state index contributed by atoms with van der Waals surface area (Å²) < 4.78 is 62.4. The van der Waals surface area contributed by atoms with E-state index in [0.717, 1.165) is 95.7 Å². The Morgan fingerprint density at radius 2 is 1.62 bits per heavy atom. The topological polar surface area (TPSA) is 114 Å². The molecule has 5 heterocycles. The van der Waals surface area contributed by atoms with E-state index in [-0.39, 0.29) is 72.4 Å². The predicted molar refractivity (Wildman–Crippen MR) is 247 cm³/mol. The minimum atomic E-state index is -3.73. The molecule has 3 atom stereocenters. The van der Waals surface area contributed by atoms with Crippen molar-refractivity contribution in [3.05, 3.63) is 71.6 Å². The summed E-state index contributed by atoms with van der Waals surface area (Å²) in [5, 5.41) is -0.678. The van der Waals surface area contributed by atoms with Gasteiger partial charge in [-0.3, -0.25) is 24.2 Å². The zero-order valence-corrected chi connectivity index (χ0v) is 39.5. The van der Waals surface area contributed by atoms with Crippen LogP contribution in [0.5, 0.6) is 0 Å². The summed E-state index contributed by atoms with van der Waals surface area (Å²) in [6.07, 6.45) is 11.0. The molecule has 65 heavy (non-hydrogen) atoms. The van der Waals surface area contributed by atoms with Gasteiger partial charge in [0.25, 0.3) is 0 Å². The molecule has 0 N–H and O–H groups in total. The molecular formula is C50H70F2N6O6S. The summed E-state index contributed by atoms with van der Waals surface area (Å²) in [4.78, 5) is 51.2. The van der Waals surface area contributed by atoms with Gasteiger partial charge in [0.05, 0.1) is 12.0 Å². The van der Waals surface area contributed by atoms with E-state index < -0.39 is 26.7 Å². The van der Waals surface area contributed by atoms with Crippen molar-refractivity contribution >= 4 is 33.3 Å². The molecule has 5 aliphatic heterocycles. The van der Waals surface area contributed by atoms with Gasteiger partial charge in [0.2, 0.25) is 11.8 Å². The summed E-state index contributed by atoms with van der Waals surface area (Å²) in [7, 11) is -0.474. The van der Waals surface area contributed by atoms with E-state index in [0.29, 0.717) is 31.0 Å². The maximum Gasteiger partial charge on any atom is 0.305 e. The van der Waals surface area contributed by atoms with Gasteiger partial charge in [-0.15, -0.1) is 0 Å². The van der Waals surface area contributed by atoms with Crippen LogP contribution in [0.4, 0.5) is 14.5 Å². The van der Waals surface area contributed by atoms with E-state index in [1.165, 1.54) is 32.4 Å². The Morgan fingerprint density at radius 3 is 2.29 bits per heavy atom. The van der Waals surface area contributed by atoms with Crippen LogP contribution in [0.2, 0.25) is 0 Å². The maximum atomic E-state index is 15.1. The second-order valence-electron chi connectivity index (χ2n) is 20.1. The van der Waals surface area contributed by atoms with Crippen LogP contribution in [0.15, 0.2) is 59.5 Å². The first-order valence-electron chi connectivity index (χ1n) is 24.2. The monoisotopic (exact) mass is 921 g/mol. The van der Waals surface area contributed by atoms with Crippen molar-refractivity contribution in [2.45, 2.75) is 93.0 Å². The van der Waals surface area contributed by atoms with Crippen LogP contribution in [-0.4, -0.2) is 161 Å². The maximum absolute atomic E-state index is 15.1. The fourth-order valence-electron chi connectivity index (χ4n) is 12.1. The number of ether oxygens (including phenoxy) is 1. The first kappa shape index (κ1) is 47.6. The molecule has 2 aromatic carbocycles. The standard InChI is InChI=1S/C50H70F2N6O6S/c1-36(59)53(2)35-50(41-11-8-12-42(51)26-41,46-13-7-10-38(46)25-49(61)64-3)40-17-22-55(23-18-40)27-37-28-57(29-37)44-15-16-47(39(24-44)30-56-31-43(52)32-56)65(62,63)45-33-58(34-45)48(60)14-9-21-54-19-5-4-6-20-54/h8-9,11-12,14-16,24,26,37-38,40,43,45-46H,4-7,10,13,17-23,25,27-35H2,1-3H3/b14-9+/t38-,46+,50+/m1/s1. The van der Waals surface area contributed by atoms with Gasteiger partial charge in [-0.2, -0.15) is 0 Å². The Labute approximate surface area is 385 Å². The molecule has 0 aromatic heterocycles. The van der Waals surface area contributed by atoms with Crippen LogP contribution >= 0.6 is 0 Å². The number of alkyl halides is 1. The lowest BCUT2D eigenvalue weighted by atomic mass is 9.56. The zero-order valence-electron chi connectivity index (χ0n) is 38.7. The number of benzene rings is 2. The summed E-state index contributed by atoms with van der Waals surface area (Å²) in [6.45, 7) is 10.4. The van der Waals surface area contributed by atoms with E-state index in [1.807, 2.05) is 36.2 Å². The number of sulfone groups is 1. The third kappa shape index (κ3) is 10.6. The summed E-state index contributed by atoms with van der Waals surface area (Å²) >= 11 is 0. The highest BCUT2D eigenvalue weighted by Gasteiger charge is 2.53. The van der Waals surface area contributed by atoms with Crippen molar-refractivity contribution in [2.75, 3.05) is 104 Å². The Kier molecular flexibility index (Phi) is 15.0. The third-order valence-corrected chi connectivity index (χ3v) is 18.0. The van der Waals surface area contributed by atoms with E-state index in [1.54, 1.807) is 41.0 Å². The Hall–Kier alpha value is -3.92. The highest BCUT2D eigenvalue weighted by molar-refractivity contribution is 7.92. The number of hydrogen-bond donors (Lipinski definition) is 0. The molecule has 0 unspecified atom stereocenters. The van der Waals surface area contributed by atoms with Crippen LogP contribution < -0.4 is 4.90 Å². The lowest BCUT2D eigenvalue weighted by Gasteiger charge is -2.52. The second kappa shape index (κ2) is 20.5. The third-order valence-electron chi connectivity index (χ3n) is 15.9. The number of anilines is 1. The zero-order chi connectivity index (χ0) is 45.9. The predicted octanol–water partition coefficient (Wildman–Crippen LogP) is 5.55. The number of rotatable bonds is 17. The smallest absolute Gasteiger partial charge is 0.305 e. The Balaban J connectivity index is 0.905. The quantitative estimate of drug-likeness (QED) is 0.148. The number of likely N-dealkylation sites (tertiary alicyclic amines) is 4. The molecule has 356 valence electrons. The largest absolute Gasteiger partial charge is 0.469 e. The lowest BCUT2D eigenvalue weighted by molar-refractivity contribution is -0.142. The lowest BCUT2D eigenvalue weighted by Crippen LogP contribution is -2.57. The molecule has 6 aliphatic rings. The molecular weight excluding hydrogens is 851 g/mol. The molecule has 15 heteroatoms. The van der Waals surface area contributed by atoms with E-state index in [9.17, 15) is 27.2 Å². The molecule has 1 saturated carbocycles. The van der Waals surface area contributed by atoms with E-state index >= 15 is 4.39 Å². The number of carbonyl (C=O) groups is 3. The molecule has 1 aliphatic carbocycles. The molecule has 12 nitrogen and oxygen atoms in total. The van der Waals surface area contributed by atoms with Gasteiger partial charge in [-0.25, -0.2) is 17.2 Å². The fraction of sp³-hybridized carbons (Fsp3) is 0.660. The number of halogens is 2. The van der Waals surface area contributed by atoms with Crippen LogP contribution in [0.25, 0.3) is 0 Å². The normalized spacial score (nSPS) is 24.4. The minimum absolute atomic E-state index is 0.0396. The second-order valence-corrected chi connectivity index (χ2v) is 22.3. The van der Waals surface area contributed by atoms with E-state index in [2.05, 4.69) is 14.7 Å². The molecule has 0 radical (unpaired) electrons. The number of nitrogens with zero attached hydrogens (tertiary/aromatic N) is 6. The number of carbonyl (C=O) groups excluding carboxylic acids is 3. The van der Waals surface area contributed by atoms with Crippen LogP contribution in [0, 0.1) is 29.5 Å². The SMILES string of the molecule is COC(=O)C[C@H]1CCC[C@@H]1[C@](CN(C)C(C)=O)(c1cccc(F)c1)C1CCN(CC2CN(c3ccc(S(=O)(=O)C4CN(C(=O)/C=C/CN5CCCCC5)C4)c(CN4CC(F)C4)c3)C2)CC1. The number of methoxy groups -OCH3 is 1. The van der Waals surface area contributed by atoms with Crippen molar-refractivity contribution in [1.82, 2.24) is 24.5 Å². The van der Waals surface area contributed by atoms with Crippen molar-refractivity contribution in [2.24, 2.45) is 23.7 Å². The molecule has 2 amide bonds. The molecule has 5 saturated heterocycles. The number of likely N-dealkylation sites (N-methyl/N-ethyl adjacent to an activating group) is 1. The average molecular weight is 921 g/mol. The van der Waals surface area contributed by atoms with Gasteiger partial charge < -0.3 is 24.3 Å². The van der Waals surface area contributed by atoms with E-state index in [4.69, 9.17) is 4.74 Å². The Bertz CT molecular complexity index is 2150. The van der Waals surface area contributed by atoms with Crippen molar-refractivity contribution in [3.8, 4) is 0 Å². The number of amides is 2. The molecule has 2 aromatic rings. The number of esters is 1. The van der Waals surface area contributed by atoms with Crippen LogP contribution in [-0.2, 0) is 40.9 Å². The van der Waals surface area contributed by atoms with Crippen molar-refractivity contribution < 1.29 is 36.3 Å². The van der Waals surface area contributed by atoms with Crippen LogP contribution in [0.1, 0.15) is 75.8 Å². The van der Waals surface area contributed by atoms with Gasteiger partial charge in [-0.1, -0.05) is 31.1 Å². The summed E-state index contributed by atoms with van der Waals surface area (Å²) in [5.74, 6) is 0.0309. The summed E-state index contributed by atoms with van der Waals surface area (Å²) in [6, 6.07) is 12.5. The Morgan fingerprint density at radius 1 is 0.877 bits per heavy atom. The molecule has 8 rings (SSSR count). The fourth-order valence-corrected chi connectivity index (χ4v) is 14.0. The van der Waals surface area contributed by atoms with Gasteiger partial charge in [0.1, 0.15) is 17.2 Å². The minimum Gasteiger partial charge on any atom is -0.469 e. The molecule has 0 bridgehead atoms. The first-order valence-corrected chi connectivity index (χ1v) is 25.7. The van der Waals surface area contributed by atoms with Gasteiger partial charge in [-0.05, 0) is 124 Å². The number of hydrogen-bond acceptors (Lipinski definition) is 10. The van der Waals surface area contributed by atoms with Gasteiger partial charge in [0.15, 0.2) is 9.84 Å². The highest BCUT2D eigenvalue weighted by atomic mass is 32.2. The molecule has 6 fully saturated rings. The van der Waals surface area contributed by atoms with Gasteiger partial charge in [0, 0.05) is 109 Å². The molecule has 0 spiro atoms. The number of piperidine rings is 2. The first-order chi connectivity index (χ1) is 31.2. The van der Waals surface area contributed by atoms with Crippen molar-refractivity contribution in [1.29, 1.82) is 0 Å². The van der Waals surface area contributed by atoms with Crippen molar-refractivity contribution in [3.63, 3.8) is 0 Å². The highest BCUT2D eigenvalue weighted by Crippen LogP contribution is 2.54. The summed E-state index contributed by atoms with van der Waals surface area (Å²) in [5.41, 5.74) is 2.02. The van der Waals surface area contributed by atoms with Crippen LogP contribution in [0.3, 0.4) is 0 Å². The average Bonchev–Trinajstić information content (AvgIpc) is 3.71.